The quantitative estimate of drug-likeness (QED) is 0.716. The number of aliphatic hydroxyl groups is 1. The molecule has 1 amide bonds. The molecule has 2 atom stereocenters. The third-order valence-electron chi connectivity index (χ3n) is 2.49. The summed E-state index contributed by atoms with van der Waals surface area (Å²) in [5.74, 6) is 0.0194. The van der Waals surface area contributed by atoms with E-state index >= 15 is 0 Å². The Balaban J connectivity index is 2.45. The third kappa shape index (κ3) is 2.69. The number of amides is 1. The summed E-state index contributed by atoms with van der Waals surface area (Å²) < 4.78 is 5.33. The Bertz CT molecular complexity index is 190. The topological polar surface area (TPSA) is 49.8 Å². The second-order valence-corrected chi connectivity index (χ2v) is 3.58. The lowest BCUT2D eigenvalue weighted by molar-refractivity contribution is -0.142. The number of nitrogens with zero attached hydrogens (tertiary/aromatic N) is 1. The van der Waals surface area contributed by atoms with Crippen LogP contribution in [-0.4, -0.2) is 47.8 Å². The Kier molecular flexibility index (Phi) is 4.35. The van der Waals surface area contributed by atoms with E-state index in [1.807, 2.05) is 13.8 Å². The first kappa shape index (κ1) is 11.5. The fourth-order valence-corrected chi connectivity index (χ4v) is 1.71. The monoisotopic (exact) mass is 201 g/mol. The summed E-state index contributed by atoms with van der Waals surface area (Å²) in [5, 5.41) is 9.30. The van der Waals surface area contributed by atoms with Gasteiger partial charge >= 0.3 is 0 Å². The minimum Gasteiger partial charge on any atom is -0.391 e. The molecule has 82 valence electrons. The Labute approximate surface area is 84.8 Å². The number of hydrogen-bond donors (Lipinski definition) is 1. The lowest BCUT2D eigenvalue weighted by Crippen LogP contribution is -2.39. The molecule has 1 heterocycles. The molecule has 1 aliphatic heterocycles. The van der Waals surface area contributed by atoms with E-state index in [0.29, 0.717) is 32.5 Å². The van der Waals surface area contributed by atoms with Crippen LogP contribution in [0.25, 0.3) is 0 Å². The van der Waals surface area contributed by atoms with E-state index in [4.69, 9.17) is 4.74 Å². The van der Waals surface area contributed by atoms with Gasteiger partial charge in [-0.15, -0.1) is 0 Å². The summed E-state index contributed by atoms with van der Waals surface area (Å²) in [5.41, 5.74) is 0. The Morgan fingerprint density at radius 2 is 2.36 bits per heavy atom. The van der Waals surface area contributed by atoms with E-state index in [2.05, 4.69) is 0 Å². The molecule has 1 aliphatic rings. The van der Waals surface area contributed by atoms with Crippen LogP contribution in [-0.2, 0) is 9.53 Å². The smallest absolute Gasteiger partial charge is 0.251 e. The molecule has 0 aliphatic carbocycles. The fraction of sp³-hybridized carbons (Fsp3) is 0.900. The first-order valence-electron chi connectivity index (χ1n) is 5.27. The maximum Gasteiger partial charge on any atom is 0.251 e. The van der Waals surface area contributed by atoms with Crippen molar-refractivity contribution in [2.75, 3.05) is 19.7 Å². The van der Waals surface area contributed by atoms with Crippen LogP contribution in [0.15, 0.2) is 0 Å². The molecule has 4 nitrogen and oxygen atoms in total. The molecule has 0 saturated carbocycles. The van der Waals surface area contributed by atoms with E-state index in [-0.39, 0.29) is 18.1 Å². The molecule has 4 heteroatoms. The van der Waals surface area contributed by atoms with Crippen molar-refractivity contribution in [1.29, 1.82) is 0 Å². The number of ether oxygens (including phenoxy) is 1. The highest BCUT2D eigenvalue weighted by molar-refractivity contribution is 5.81. The van der Waals surface area contributed by atoms with E-state index in [1.165, 1.54) is 0 Å². The first-order valence-corrected chi connectivity index (χ1v) is 5.27. The Hall–Kier alpha value is -0.610. The maximum absolute atomic E-state index is 11.8. The Morgan fingerprint density at radius 3 is 2.79 bits per heavy atom. The summed E-state index contributed by atoms with van der Waals surface area (Å²) >= 11 is 0. The minimum atomic E-state index is -0.349. The molecule has 0 bridgehead atoms. The van der Waals surface area contributed by atoms with Gasteiger partial charge in [-0.05, 0) is 19.8 Å². The van der Waals surface area contributed by atoms with Gasteiger partial charge in [-0.1, -0.05) is 6.92 Å². The van der Waals surface area contributed by atoms with Crippen LogP contribution in [0, 0.1) is 0 Å². The van der Waals surface area contributed by atoms with Gasteiger partial charge in [0.2, 0.25) is 0 Å². The van der Waals surface area contributed by atoms with E-state index in [9.17, 15) is 9.90 Å². The van der Waals surface area contributed by atoms with Crippen LogP contribution >= 0.6 is 0 Å². The number of hydrogen-bond acceptors (Lipinski definition) is 3. The lowest BCUT2D eigenvalue weighted by Gasteiger charge is -2.21. The van der Waals surface area contributed by atoms with Gasteiger partial charge in [-0.3, -0.25) is 4.79 Å². The fourth-order valence-electron chi connectivity index (χ4n) is 1.71. The second-order valence-electron chi connectivity index (χ2n) is 3.58. The molecular formula is C10H19NO3. The SMILES string of the molecule is CCOC(CC)C(=O)N1CC[C@@H](O)C1. The Morgan fingerprint density at radius 1 is 1.64 bits per heavy atom. The molecule has 0 radical (unpaired) electrons. The average Bonchev–Trinajstić information content (AvgIpc) is 2.60. The largest absolute Gasteiger partial charge is 0.391 e. The second kappa shape index (κ2) is 5.32. The number of carbonyl (C=O) groups excluding carboxylic acids is 1. The highest BCUT2D eigenvalue weighted by Gasteiger charge is 2.29. The number of likely N-dealkylation sites (tertiary alicyclic amines) is 1. The van der Waals surface area contributed by atoms with Crippen LogP contribution in [0.4, 0.5) is 0 Å². The summed E-state index contributed by atoms with van der Waals surface area (Å²) in [6.45, 7) is 5.49. The zero-order valence-electron chi connectivity index (χ0n) is 8.90. The van der Waals surface area contributed by atoms with Gasteiger partial charge in [0.15, 0.2) is 0 Å². The molecule has 0 aromatic heterocycles. The van der Waals surface area contributed by atoms with Crippen molar-refractivity contribution in [2.45, 2.75) is 38.9 Å². The van der Waals surface area contributed by atoms with Crippen LogP contribution in [0.2, 0.25) is 0 Å². The molecule has 0 aromatic carbocycles. The van der Waals surface area contributed by atoms with Crippen molar-refractivity contribution in [3.05, 3.63) is 0 Å². The highest BCUT2D eigenvalue weighted by atomic mass is 16.5. The molecular weight excluding hydrogens is 182 g/mol. The molecule has 0 spiro atoms. The summed E-state index contributed by atoms with van der Waals surface area (Å²) in [7, 11) is 0. The van der Waals surface area contributed by atoms with E-state index < -0.39 is 0 Å². The van der Waals surface area contributed by atoms with Crippen molar-refractivity contribution in [3.8, 4) is 0 Å². The minimum absolute atomic E-state index is 0.0194. The van der Waals surface area contributed by atoms with Gasteiger partial charge in [-0.2, -0.15) is 0 Å². The van der Waals surface area contributed by atoms with Crippen molar-refractivity contribution in [1.82, 2.24) is 4.90 Å². The molecule has 1 saturated heterocycles. The van der Waals surface area contributed by atoms with E-state index in [1.54, 1.807) is 4.90 Å². The molecule has 1 fully saturated rings. The van der Waals surface area contributed by atoms with Gasteiger partial charge in [0.05, 0.1) is 6.10 Å². The predicted molar refractivity (Wildman–Crippen MR) is 52.9 cm³/mol. The normalized spacial score (nSPS) is 23.9. The number of aliphatic hydroxyl groups excluding tert-OH is 1. The van der Waals surface area contributed by atoms with Gasteiger partial charge < -0.3 is 14.7 Å². The van der Waals surface area contributed by atoms with Crippen LogP contribution in [0.5, 0.6) is 0 Å². The van der Waals surface area contributed by atoms with Gasteiger partial charge in [0.25, 0.3) is 5.91 Å². The summed E-state index contributed by atoms with van der Waals surface area (Å²) in [4.78, 5) is 13.5. The highest BCUT2D eigenvalue weighted by Crippen LogP contribution is 2.12. The predicted octanol–water partition coefficient (Wildman–Crippen LogP) is 0.395. The molecule has 1 N–H and O–H groups in total. The number of carbonyl (C=O) groups is 1. The standard InChI is InChI=1S/C10H19NO3/c1-3-9(14-4-2)10(13)11-6-5-8(12)7-11/h8-9,12H,3-7H2,1-2H3/t8-,9?/m1/s1. The molecule has 1 rings (SSSR count). The zero-order chi connectivity index (χ0) is 10.6. The van der Waals surface area contributed by atoms with Crippen molar-refractivity contribution in [3.63, 3.8) is 0 Å². The van der Waals surface area contributed by atoms with Crippen LogP contribution in [0.1, 0.15) is 26.7 Å². The van der Waals surface area contributed by atoms with Crippen molar-refractivity contribution >= 4 is 5.91 Å². The van der Waals surface area contributed by atoms with Crippen LogP contribution in [0.3, 0.4) is 0 Å². The summed E-state index contributed by atoms with van der Waals surface area (Å²) in [6, 6.07) is 0. The maximum atomic E-state index is 11.8. The van der Waals surface area contributed by atoms with Crippen LogP contribution < -0.4 is 0 Å². The van der Waals surface area contributed by atoms with Crippen molar-refractivity contribution < 1.29 is 14.6 Å². The average molecular weight is 201 g/mol. The van der Waals surface area contributed by atoms with Gasteiger partial charge in [0, 0.05) is 19.7 Å². The molecule has 0 aromatic rings. The third-order valence-corrected chi connectivity index (χ3v) is 2.49. The molecule has 14 heavy (non-hydrogen) atoms. The number of rotatable bonds is 4. The zero-order valence-corrected chi connectivity index (χ0v) is 8.90. The van der Waals surface area contributed by atoms with Gasteiger partial charge in [-0.25, -0.2) is 0 Å². The van der Waals surface area contributed by atoms with Crippen molar-refractivity contribution in [2.24, 2.45) is 0 Å². The van der Waals surface area contributed by atoms with Gasteiger partial charge in [0.1, 0.15) is 6.10 Å². The number of β-amino-alcohol motifs (C(OH)–C–C–N with tert-alkyl or cyclic N) is 1. The molecule has 1 unspecified atom stereocenters. The van der Waals surface area contributed by atoms with E-state index in [0.717, 1.165) is 0 Å². The lowest BCUT2D eigenvalue weighted by atomic mass is 10.2. The summed E-state index contributed by atoms with van der Waals surface area (Å²) in [6.07, 6.45) is 0.705. The first-order chi connectivity index (χ1) is 6.69.